The summed E-state index contributed by atoms with van der Waals surface area (Å²) >= 11 is 0. The van der Waals surface area contributed by atoms with Crippen LogP contribution in [0.4, 0.5) is 0 Å². The Kier molecular flexibility index (Phi) is 15.1. The molecule has 0 nitrogen and oxygen atoms in total. The molecular weight excluding hydrogens is 444 g/mol. The van der Waals surface area contributed by atoms with E-state index in [9.17, 15) is 0 Å². The first-order chi connectivity index (χ1) is 18.3. The fraction of sp³-hybridized carbons (Fsp3) is 0.676. The van der Waals surface area contributed by atoms with Gasteiger partial charge >= 0.3 is 0 Å². The molecule has 0 heteroatoms. The van der Waals surface area contributed by atoms with Gasteiger partial charge in [0.05, 0.1) is 0 Å². The van der Waals surface area contributed by atoms with Crippen molar-refractivity contribution in [2.45, 2.75) is 162 Å². The first-order valence-corrected chi connectivity index (χ1v) is 16.6. The van der Waals surface area contributed by atoms with Gasteiger partial charge in [-0.2, -0.15) is 0 Å². The zero-order valence-electron chi connectivity index (χ0n) is 24.7. The molecular formula is C37H58. The lowest BCUT2D eigenvalue weighted by atomic mass is 9.89. The maximum Gasteiger partial charge on any atom is -0.00106 e. The fourth-order valence-electron chi connectivity index (χ4n) is 6.46. The predicted octanol–water partition coefficient (Wildman–Crippen LogP) is 12.2. The quantitative estimate of drug-likeness (QED) is 0.120. The molecule has 37 heavy (non-hydrogen) atoms. The van der Waals surface area contributed by atoms with E-state index >= 15 is 0 Å². The average Bonchev–Trinajstić information content (AvgIpc) is 3.30. The lowest BCUT2D eigenvalue weighted by Gasteiger charge is -2.15. The second-order valence-electron chi connectivity index (χ2n) is 11.9. The van der Waals surface area contributed by atoms with Gasteiger partial charge in [-0.05, 0) is 65.5 Å². The van der Waals surface area contributed by atoms with Gasteiger partial charge in [0.1, 0.15) is 0 Å². The SMILES string of the molecule is CCCCCCCCCCCCc1ccc2c(c1CCCCCCCCCCCC)Cc1ccccc1-2. The van der Waals surface area contributed by atoms with Crippen LogP contribution in [0.1, 0.15) is 165 Å². The molecule has 0 N–H and O–H groups in total. The normalized spacial score (nSPS) is 12.2. The van der Waals surface area contributed by atoms with E-state index in [4.69, 9.17) is 0 Å². The molecule has 0 heterocycles. The molecule has 0 saturated heterocycles. The van der Waals surface area contributed by atoms with Gasteiger partial charge in [-0.3, -0.25) is 0 Å². The third-order valence-electron chi connectivity index (χ3n) is 8.78. The van der Waals surface area contributed by atoms with Crippen molar-refractivity contribution in [1.29, 1.82) is 0 Å². The highest BCUT2D eigenvalue weighted by Gasteiger charge is 2.22. The van der Waals surface area contributed by atoms with Crippen molar-refractivity contribution in [3.8, 4) is 11.1 Å². The Bertz CT molecular complexity index is 860. The molecule has 0 spiro atoms. The molecule has 0 fully saturated rings. The summed E-state index contributed by atoms with van der Waals surface area (Å²) in [5.74, 6) is 0. The molecule has 0 saturated carbocycles. The molecule has 2 aromatic carbocycles. The van der Waals surface area contributed by atoms with Crippen LogP contribution in [0.15, 0.2) is 36.4 Å². The van der Waals surface area contributed by atoms with E-state index < -0.39 is 0 Å². The topological polar surface area (TPSA) is 0 Å². The van der Waals surface area contributed by atoms with Crippen molar-refractivity contribution >= 4 is 0 Å². The summed E-state index contributed by atoms with van der Waals surface area (Å²) in [6.07, 6.45) is 32.2. The van der Waals surface area contributed by atoms with Gasteiger partial charge in [0.25, 0.3) is 0 Å². The summed E-state index contributed by atoms with van der Waals surface area (Å²) < 4.78 is 0. The highest BCUT2D eigenvalue weighted by molar-refractivity contribution is 5.78. The van der Waals surface area contributed by atoms with Crippen LogP contribution in [-0.2, 0) is 19.3 Å². The van der Waals surface area contributed by atoms with Gasteiger partial charge in [-0.1, -0.05) is 166 Å². The van der Waals surface area contributed by atoms with Crippen LogP contribution in [0.25, 0.3) is 11.1 Å². The van der Waals surface area contributed by atoms with E-state index in [0.717, 1.165) is 6.42 Å². The lowest BCUT2D eigenvalue weighted by Crippen LogP contribution is -2.01. The van der Waals surface area contributed by atoms with Crippen molar-refractivity contribution in [1.82, 2.24) is 0 Å². The molecule has 0 unspecified atom stereocenters. The minimum atomic E-state index is 1.16. The summed E-state index contributed by atoms with van der Waals surface area (Å²) in [7, 11) is 0. The minimum Gasteiger partial charge on any atom is -0.0654 e. The van der Waals surface area contributed by atoms with Crippen molar-refractivity contribution in [3.63, 3.8) is 0 Å². The highest BCUT2D eigenvalue weighted by Crippen LogP contribution is 2.40. The van der Waals surface area contributed by atoms with E-state index in [2.05, 4.69) is 50.2 Å². The smallest absolute Gasteiger partial charge is 0.00106 e. The molecule has 3 rings (SSSR count). The molecule has 0 amide bonds. The standard InChI is InChI=1S/C37H58/c1-3-5-7-9-11-13-15-17-19-21-25-32-29-30-36-35-28-24-23-26-33(35)31-37(36)34(32)27-22-20-18-16-14-12-10-8-6-4-2/h23-24,26,28-30H,3-22,25,27,31H2,1-2H3. The average molecular weight is 503 g/mol. The number of benzene rings is 2. The van der Waals surface area contributed by atoms with E-state index in [1.165, 1.54) is 158 Å². The van der Waals surface area contributed by atoms with Gasteiger partial charge in [-0.25, -0.2) is 0 Å². The third kappa shape index (κ3) is 10.6. The van der Waals surface area contributed by atoms with Crippen LogP contribution < -0.4 is 0 Å². The van der Waals surface area contributed by atoms with Gasteiger partial charge in [0.15, 0.2) is 0 Å². The van der Waals surface area contributed by atoms with Crippen molar-refractivity contribution in [3.05, 3.63) is 58.7 Å². The molecule has 2 aromatic rings. The molecule has 0 atom stereocenters. The second kappa shape index (κ2) is 18.7. The van der Waals surface area contributed by atoms with Gasteiger partial charge in [0.2, 0.25) is 0 Å². The highest BCUT2D eigenvalue weighted by atomic mass is 14.3. The summed E-state index contributed by atoms with van der Waals surface area (Å²) in [4.78, 5) is 0. The number of aryl methyl sites for hydroxylation is 1. The van der Waals surface area contributed by atoms with E-state index in [1.54, 1.807) is 16.7 Å². The largest absolute Gasteiger partial charge is 0.0654 e. The number of rotatable bonds is 22. The summed E-state index contributed by atoms with van der Waals surface area (Å²) in [6.45, 7) is 4.62. The Labute approximate surface area is 231 Å². The van der Waals surface area contributed by atoms with Gasteiger partial charge in [0, 0.05) is 0 Å². The van der Waals surface area contributed by atoms with Crippen molar-refractivity contribution in [2.24, 2.45) is 0 Å². The van der Waals surface area contributed by atoms with E-state index in [0.29, 0.717) is 0 Å². The predicted molar refractivity (Wildman–Crippen MR) is 166 cm³/mol. The lowest BCUT2D eigenvalue weighted by molar-refractivity contribution is 0.553. The van der Waals surface area contributed by atoms with Crippen LogP contribution >= 0.6 is 0 Å². The summed E-state index contributed by atoms with van der Waals surface area (Å²) in [6, 6.07) is 14.1. The molecule has 0 bridgehead atoms. The maximum atomic E-state index is 2.50. The monoisotopic (exact) mass is 502 g/mol. The van der Waals surface area contributed by atoms with Crippen molar-refractivity contribution < 1.29 is 0 Å². The van der Waals surface area contributed by atoms with Gasteiger partial charge < -0.3 is 0 Å². The molecule has 1 aliphatic rings. The van der Waals surface area contributed by atoms with E-state index in [1.807, 2.05) is 0 Å². The van der Waals surface area contributed by atoms with Crippen LogP contribution in [-0.4, -0.2) is 0 Å². The Morgan fingerprint density at radius 3 is 1.51 bits per heavy atom. The molecule has 0 aromatic heterocycles. The summed E-state index contributed by atoms with van der Waals surface area (Å²) in [5, 5.41) is 0. The first kappa shape index (κ1) is 30.0. The summed E-state index contributed by atoms with van der Waals surface area (Å²) in [5.41, 5.74) is 9.63. The van der Waals surface area contributed by atoms with Crippen molar-refractivity contribution in [2.75, 3.05) is 0 Å². The Morgan fingerprint density at radius 1 is 0.459 bits per heavy atom. The first-order valence-electron chi connectivity index (χ1n) is 16.6. The molecule has 0 radical (unpaired) electrons. The zero-order chi connectivity index (χ0) is 26.0. The number of fused-ring (bicyclic) bond motifs is 3. The zero-order valence-corrected chi connectivity index (χ0v) is 24.7. The Hall–Kier alpha value is -1.56. The van der Waals surface area contributed by atoms with Crippen LogP contribution in [0, 0.1) is 0 Å². The Balaban J connectivity index is 1.44. The molecule has 0 aliphatic heterocycles. The number of hydrogen-bond acceptors (Lipinski definition) is 0. The second-order valence-corrected chi connectivity index (χ2v) is 11.9. The van der Waals surface area contributed by atoms with E-state index in [-0.39, 0.29) is 0 Å². The van der Waals surface area contributed by atoms with Crippen LogP contribution in [0.3, 0.4) is 0 Å². The molecule has 206 valence electrons. The third-order valence-corrected chi connectivity index (χ3v) is 8.78. The fourth-order valence-corrected chi connectivity index (χ4v) is 6.46. The number of hydrogen-bond donors (Lipinski definition) is 0. The van der Waals surface area contributed by atoms with Crippen LogP contribution in [0.2, 0.25) is 0 Å². The van der Waals surface area contributed by atoms with Gasteiger partial charge in [-0.15, -0.1) is 0 Å². The minimum absolute atomic E-state index is 1.16. The van der Waals surface area contributed by atoms with Crippen LogP contribution in [0.5, 0.6) is 0 Å². The molecule has 1 aliphatic carbocycles. The number of unbranched alkanes of at least 4 members (excludes halogenated alkanes) is 18. The maximum absolute atomic E-state index is 2.50. The Morgan fingerprint density at radius 2 is 0.946 bits per heavy atom.